The average Bonchev–Trinajstić information content (AvgIpc) is 2.80. The number of thioether (sulfide) groups is 1. The molecule has 0 aromatic heterocycles. The third-order valence-corrected chi connectivity index (χ3v) is 5.78. The van der Waals surface area contributed by atoms with Crippen LogP contribution in [0.3, 0.4) is 0 Å². The first-order valence-corrected chi connectivity index (χ1v) is 9.56. The van der Waals surface area contributed by atoms with E-state index in [2.05, 4.69) is 5.32 Å². The maximum atomic E-state index is 12.7. The van der Waals surface area contributed by atoms with E-state index in [-0.39, 0.29) is 30.7 Å². The molecule has 1 aromatic carbocycles. The van der Waals surface area contributed by atoms with Crippen molar-refractivity contribution in [2.45, 2.75) is 43.4 Å². The van der Waals surface area contributed by atoms with Crippen LogP contribution in [0.25, 0.3) is 0 Å². The number of hydrogen-bond donors (Lipinski definition) is 1. The number of amides is 3. The molecule has 1 aliphatic heterocycles. The van der Waals surface area contributed by atoms with Gasteiger partial charge in [0.1, 0.15) is 6.54 Å². The normalized spacial score (nSPS) is 19.8. The molecule has 1 heterocycles. The van der Waals surface area contributed by atoms with Crippen molar-refractivity contribution < 1.29 is 14.4 Å². The summed E-state index contributed by atoms with van der Waals surface area (Å²) in [5.41, 5.74) is 0.175. The third kappa shape index (κ3) is 3.20. The summed E-state index contributed by atoms with van der Waals surface area (Å²) < 4.78 is 0. The SMILES string of the molecule is CSc1ccccc1NC(=O)CN1C(=O)CC2(CCCCC2)C1=O. The van der Waals surface area contributed by atoms with Crippen molar-refractivity contribution in [3.05, 3.63) is 24.3 Å². The number of carbonyl (C=O) groups excluding carboxylic acids is 3. The Morgan fingerprint density at radius 1 is 1.21 bits per heavy atom. The van der Waals surface area contributed by atoms with Gasteiger partial charge in [-0.2, -0.15) is 0 Å². The number of nitrogens with zero attached hydrogens (tertiary/aromatic N) is 1. The van der Waals surface area contributed by atoms with Gasteiger partial charge in [0, 0.05) is 11.3 Å². The monoisotopic (exact) mass is 346 g/mol. The number of carbonyl (C=O) groups is 3. The van der Waals surface area contributed by atoms with E-state index >= 15 is 0 Å². The molecule has 2 fully saturated rings. The molecule has 1 N–H and O–H groups in total. The Labute approximate surface area is 146 Å². The zero-order valence-corrected chi connectivity index (χ0v) is 14.7. The molecule has 1 saturated carbocycles. The number of rotatable bonds is 4. The maximum absolute atomic E-state index is 12.7. The highest BCUT2D eigenvalue weighted by molar-refractivity contribution is 7.98. The molecule has 0 unspecified atom stereocenters. The summed E-state index contributed by atoms with van der Waals surface area (Å²) in [6, 6.07) is 7.49. The van der Waals surface area contributed by atoms with Crippen LogP contribution in [0.4, 0.5) is 5.69 Å². The molecule has 0 atom stereocenters. The smallest absolute Gasteiger partial charge is 0.244 e. The molecular formula is C18H22N2O3S. The highest BCUT2D eigenvalue weighted by atomic mass is 32.2. The Morgan fingerprint density at radius 2 is 1.92 bits per heavy atom. The number of likely N-dealkylation sites (tertiary alicyclic amines) is 1. The molecule has 0 radical (unpaired) electrons. The molecule has 2 aliphatic rings. The fraction of sp³-hybridized carbons (Fsp3) is 0.500. The molecule has 1 spiro atoms. The van der Waals surface area contributed by atoms with Gasteiger partial charge in [0.2, 0.25) is 17.7 Å². The van der Waals surface area contributed by atoms with Crippen LogP contribution in [-0.2, 0) is 14.4 Å². The van der Waals surface area contributed by atoms with Crippen LogP contribution < -0.4 is 5.32 Å². The zero-order chi connectivity index (χ0) is 17.2. The van der Waals surface area contributed by atoms with Crippen LogP contribution in [0, 0.1) is 5.41 Å². The first kappa shape index (κ1) is 17.0. The van der Waals surface area contributed by atoms with E-state index in [1.54, 1.807) is 0 Å². The number of benzene rings is 1. The van der Waals surface area contributed by atoms with Crippen molar-refractivity contribution in [3.8, 4) is 0 Å². The molecule has 3 amide bonds. The Kier molecular flexibility index (Phi) is 4.94. The van der Waals surface area contributed by atoms with Crippen LogP contribution in [0.2, 0.25) is 0 Å². The molecule has 3 rings (SSSR count). The number of imide groups is 1. The van der Waals surface area contributed by atoms with Crippen LogP contribution in [0.1, 0.15) is 38.5 Å². The van der Waals surface area contributed by atoms with Crippen LogP contribution in [0.5, 0.6) is 0 Å². The molecule has 1 saturated heterocycles. The molecular weight excluding hydrogens is 324 g/mol. The predicted molar refractivity (Wildman–Crippen MR) is 93.7 cm³/mol. The van der Waals surface area contributed by atoms with Crippen LogP contribution >= 0.6 is 11.8 Å². The topological polar surface area (TPSA) is 66.5 Å². The van der Waals surface area contributed by atoms with Crippen LogP contribution in [0.15, 0.2) is 29.2 Å². The van der Waals surface area contributed by atoms with E-state index in [4.69, 9.17) is 0 Å². The van der Waals surface area contributed by atoms with Gasteiger partial charge in [-0.25, -0.2) is 0 Å². The van der Waals surface area contributed by atoms with E-state index in [0.717, 1.165) is 41.9 Å². The van der Waals surface area contributed by atoms with E-state index < -0.39 is 5.41 Å². The van der Waals surface area contributed by atoms with Gasteiger partial charge in [0.15, 0.2) is 0 Å². The minimum Gasteiger partial charge on any atom is -0.324 e. The first-order valence-electron chi connectivity index (χ1n) is 8.33. The minimum atomic E-state index is -0.535. The number of nitrogens with one attached hydrogen (secondary N) is 1. The Morgan fingerprint density at radius 3 is 2.62 bits per heavy atom. The summed E-state index contributed by atoms with van der Waals surface area (Å²) in [5.74, 6) is -0.693. The first-order chi connectivity index (χ1) is 11.6. The summed E-state index contributed by atoms with van der Waals surface area (Å²) in [6.07, 6.45) is 6.83. The molecule has 128 valence electrons. The molecule has 1 aromatic rings. The number of hydrogen-bond acceptors (Lipinski definition) is 4. The fourth-order valence-corrected chi connectivity index (χ4v) is 4.27. The molecule has 1 aliphatic carbocycles. The van der Waals surface area contributed by atoms with Crippen molar-refractivity contribution in [2.75, 3.05) is 18.1 Å². The second-order valence-electron chi connectivity index (χ2n) is 6.55. The predicted octanol–water partition coefficient (Wildman–Crippen LogP) is 3.06. The Hall–Kier alpha value is -1.82. The summed E-state index contributed by atoms with van der Waals surface area (Å²) in [4.78, 5) is 39.5. The lowest BCUT2D eigenvalue weighted by atomic mass is 9.73. The summed E-state index contributed by atoms with van der Waals surface area (Å²) in [6.45, 7) is -0.192. The van der Waals surface area contributed by atoms with Crippen molar-refractivity contribution in [1.29, 1.82) is 0 Å². The maximum Gasteiger partial charge on any atom is 0.244 e. The van der Waals surface area contributed by atoms with E-state index in [1.165, 1.54) is 11.8 Å². The van der Waals surface area contributed by atoms with Gasteiger partial charge in [0.25, 0.3) is 0 Å². The highest BCUT2D eigenvalue weighted by Crippen LogP contribution is 2.45. The quantitative estimate of drug-likeness (QED) is 0.672. The Bertz CT molecular complexity index is 668. The summed E-state index contributed by atoms with van der Waals surface area (Å²) >= 11 is 1.54. The van der Waals surface area contributed by atoms with E-state index in [9.17, 15) is 14.4 Å². The second kappa shape index (κ2) is 6.97. The van der Waals surface area contributed by atoms with Gasteiger partial charge in [-0.15, -0.1) is 11.8 Å². The highest BCUT2D eigenvalue weighted by Gasteiger charge is 2.51. The Balaban J connectivity index is 1.68. The van der Waals surface area contributed by atoms with E-state index in [1.807, 2.05) is 30.5 Å². The molecule has 6 heteroatoms. The van der Waals surface area contributed by atoms with Gasteiger partial charge in [-0.1, -0.05) is 31.4 Å². The second-order valence-corrected chi connectivity index (χ2v) is 7.40. The van der Waals surface area contributed by atoms with E-state index in [0.29, 0.717) is 5.69 Å². The van der Waals surface area contributed by atoms with Crippen molar-refractivity contribution in [3.63, 3.8) is 0 Å². The lowest BCUT2D eigenvalue weighted by Crippen LogP contribution is -2.41. The van der Waals surface area contributed by atoms with Gasteiger partial charge < -0.3 is 5.32 Å². The number of anilines is 1. The largest absolute Gasteiger partial charge is 0.324 e. The van der Waals surface area contributed by atoms with Crippen molar-refractivity contribution >= 4 is 35.2 Å². The van der Waals surface area contributed by atoms with Gasteiger partial charge in [-0.05, 0) is 31.2 Å². The van der Waals surface area contributed by atoms with Gasteiger partial charge in [-0.3, -0.25) is 19.3 Å². The standard InChI is InChI=1S/C18H22N2O3S/c1-24-14-8-4-3-7-13(14)19-15(21)12-20-16(22)11-18(17(20)23)9-5-2-6-10-18/h3-4,7-8H,2,5-6,9-12H2,1H3,(H,19,21). The van der Waals surface area contributed by atoms with Crippen molar-refractivity contribution in [1.82, 2.24) is 4.90 Å². The van der Waals surface area contributed by atoms with Crippen LogP contribution in [-0.4, -0.2) is 35.4 Å². The lowest BCUT2D eigenvalue weighted by molar-refractivity contribution is -0.144. The van der Waals surface area contributed by atoms with Gasteiger partial charge >= 0.3 is 0 Å². The lowest BCUT2D eigenvalue weighted by Gasteiger charge is -2.30. The zero-order valence-electron chi connectivity index (χ0n) is 13.8. The van der Waals surface area contributed by atoms with Gasteiger partial charge in [0.05, 0.1) is 11.1 Å². The average molecular weight is 346 g/mol. The molecule has 24 heavy (non-hydrogen) atoms. The molecule has 5 nitrogen and oxygen atoms in total. The third-order valence-electron chi connectivity index (χ3n) is 4.98. The summed E-state index contributed by atoms with van der Waals surface area (Å²) in [7, 11) is 0. The minimum absolute atomic E-state index is 0.152. The van der Waals surface area contributed by atoms with Crippen molar-refractivity contribution in [2.24, 2.45) is 5.41 Å². The number of para-hydroxylation sites is 1. The molecule has 0 bridgehead atoms. The summed E-state index contributed by atoms with van der Waals surface area (Å²) in [5, 5.41) is 2.81. The fourth-order valence-electron chi connectivity index (χ4n) is 3.72.